The zero-order chi connectivity index (χ0) is 2.00. The summed E-state index contributed by atoms with van der Waals surface area (Å²) >= 11 is 0. The predicted molar refractivity (Wildman–Crippen MR) is 17.8 cm³/mol. The Morgan fingerprint density at radius 2 is 1.00 bits per heavy atom. The van der Waals surface area contributed by atoms with Crippen molar-refractivity contribution in [3.8, 4) is 0 Å². The molecule has 0 aliphatic carbocycles. The van der Waals surface area contributed by atoms with Crippen molar-refractivity contribution in [3.05, 3.63) is 7.43 Å². The quantitative estimate of drug-likeness (QED) is 0.440. The molecular weight excluding hydrogens is 125 g/mol. The van der Waals surface area contributed by atoms with Gasteiger partial charge in [-0.15, -0.1) is 0 Å². The van der Waals surface area contributed by atoms with Crippen molar-refractivity contribution >= 4 is 0 Å². The van der Waals surface area contributed by atoms with Gasteiger partial charge in [0.25, 0.3) is 0 Å². The second-order valence-corrected chi connectivity index (χ2v) is 0. The van der Waals surface area contributed by atoms with Crippen LogP contribution in [0.3, 0.4) is 0 Å². The zero-order valence-corrected chi connectivity index (χ0v) is 6.42. The monoisotopic (exact) mass is 134 g/mol. The second kappa shape index (κ2) is 32.4. The van der Waals surface area contributed by atoms with Crippen LogP contribution in [0.4, 0.5) is 0 Å². The van der Waals surface area contributed by atoms with Gasteiger partial charge in [-0.3, -0.25) is 0 Å². The van der Waals surface area contributed by atoms with Crippen LogP contribution in [0.2, 0.25) is 0 Å². The molecule has 0 aromatic carbocycles. The van der Waals surface area contributed by atoms with E-state index in [1.165, 1.54) is 0 Å². The van der Waals surface area contributed by atoms with E-state index in [1.807, 2.05) is 13.8 Å². The minimum Gasteiger partial charge on any atom is -0.358 e. The smallest absolute Gasteiger partial charge is 0 e. The summed E-state index contributed by atoms with van der Waals surface area (Å²) in [5, 5.41) is 0. The molecule has 0 aliphatic rings. The molecular formula is C3H9Y-. The third-order valence-electron chi connectivity index (χ3n) is 0. The summed E-state index contributed by atoms with van der Waals surface area (Å²) in [4.78, 5) is 0. The third kappa shape index (κ3) is 11.3. The van der Waals surface area contributed by atoms with Crippen LogP contribution in [-0.4, -0.2) is 0 Å². The van der Waals surface area contributed by atoms with Crippen molar-refractivity contribution < 1.29 is 32.7 Å². The van der Waals surface area contributed by atoms with Crippen molar-refractivity contribution in [1.82, 2.24) is 0 Å². The molecule has 0 heterocycles. The summed E-state index contributed by atoms with van der Waals surface area (Å²) in [5.74, 6) is 0. The van der Waals surface area contributed by atoms with Gasteiger partial charge in [0.2, 0.25) is 0 Å². The molecule has 25 valence electrons. The van der Waals surface area contributed by atoms with Gasteiger partial charge in [-0.25, -0.2) is 0 Å². The van der Waals surface area contributed by atoms with Gasteiger partial charge in [0.15, 0.2) is 0 Å². The van der Waals surface area contributed by atoms with Gasteiger partial charge in [-0.05, 0) is 0 Å². The molecule has 1 radical (unpaired) electrons. The van der Waals surface area contributed by atoms with E-state index in [0.717, 1.165) is 0 Å². The molecule has 1 heteroatoms. The van der Waals surface area contributed by atoms with E-state index in [2.05, 4.69) is 0 Å². The molecule has 0 saturated heterocycles. The van der Waals surface area contributed by atoms with Crippen LogP contribution < -0.4 is 0 Å². The largest absolute Gasteiger partial charge is 0.358 e. The van der Waals surface area contributed by atoms with Gasteiger partial charge in [0, 0.05) is 32.7 Å². The molecule has 0 fully saturated rings. The molecule has 0 aromatic rings. The Bertz CT molecular complexity index is 3.25. The van der Waals surface area contributed by atoms with Crippen LogP contribution in [0.25, 0.3) is 0 Å². The van der Waals surface area contributed by atoms with Crippen molar-refractivity contribution in [1.29, 1.82) is 0 Å². The van der Waals surface area contributed by atoms with Crippen molar-refractivity contribution in [2.45, 2.75) is 13.8 Å². The fraction of sp³-hybridized carbons (Fsp3) is 0.667. The number of hydrogen-bond donors (Lipinski definition) is 0. The van der Waals surface area contributed by atoms with E-state index in [1.54, 1.807) is 0 Å². The molecule has 0 saturated carbocycles. The maximum atomic E-state index is 2.00. The molecule has 0 unspecified atom stereocenters. The Morgan fingerprint density at radius 3 is 1.00 bits per heavy atom. The zero-order valence-electron chi connectivity index (χ0n) is 3.58. The molecule has 4 heavy (non-hydrogen) atoms. The first-order chi connectivity index (χ1) is 1.00. The van der Waals surface area contributed by atoms with Gasteiger partial charge in [0.1, 0.15) is 0 Å². The van der Waals surface area contributed by atoms with Crippen LogP contribution in [0.5, 0.6) is 0 Å². The summed E-state index contributed by atoms with van der Waals surface area (Å²) in [5.41, 5.74) is 0. The van der Waals surface area contributed by atoms with Crippen LogP contribution in [0, 0.1) is 7.43 Å². The predicted octanol–water partition coefficient (Wildman–Crippen LogP) is 1.47. The molecule has 0 spiro atoms. The topological polar surface area (TPSA) is 0 Å². The molecule has 0 aromatic heterocycles. The van der Waals surface area contributed by atoms with E-state index < -0.39 is 0 Å². The molecule has 0 rings (SSSR count). The first-order valence-corrected chi connectivity index (χ1v) is 1.00. The fourth-order valence-corrected chi connectivity index (χ4v) is 0. The maximum Gasteiger partial charge on any atom is 0 e. The number of rotatable bonds is 0. The molecule has 0 nitrogen and oxygen atoms in total. The minimum absolute atomic E-state index is 0. The van der Waals surface area contributed by atoms with E-state index in [4.69, 9.17) is 0 Å². The van der Waals surface area contributed by atoms with Gasteiger partial charge < -0.3 is 7.43 Å². The Hall–Kier alpha value is 1.10. The van der Waals surface area contributed by atoms with Crippen molar-refractivity contribution in [2.24, 2.45) is 0 Å². The Morgan fingerprint density at radius 1 is 1.00 bits per heavy atom. The van der Waals surface area contributed by atoms with Crippen molar-refractivity contribution in [3.63, 3.8) is 0 Å². The first kappa shape index (κ1) is 19.4. The standard InChI is InChI=1S/C2H6.CH3.Y/c1-2;;/h1-2H3;1H3;/q;-1;. The molecule has 0 aliphatic heterocycles. The van der Waals surface area contributed by atoms with Gasteiger partial charge in [-0.1, -0.05) is 13.8 Å². The van der Waals surface area contributed by atoms with Crippen LogP contribution in [0.1, 0.15) is 13.8 Å². The SMILES string of the molecule is CC.[CH3-].[Y]. The normalized spacial score (nSPS) is 1.50. The maximum absolute atomic E-state index is 2.00. The van der Waals surface area contributed by atoms with Crippen LogP contribution >= 0.6 is 0 Å². The van der Waals surface area contributed by atoms with E-state index in [0.29, 0.717) is 0 Å². The van der Waals surface area contributed by atoms with Crippen molar-refractivity contribution in [2.75, 3.05) is 0 Å². The van der Waals surface area contributed by atoms with Gasteiger partial charge in [-0.2, -0.15) is 0 Å². The molecule has 0 amide bonds. The van der Waals surface area contributed by atoms with E-state index >= 15 is 0 Å². The van der Waals surface area contributed by atoms with E-state index in [9.17, 15) is 0 Å². The van der Waals surface area contributed by atoms with Gasteiger partial charge in [0.05, 0.1) is 0 Å². The first-order valence-electron chi connectivity index (χ1n) is 1.00. The summed E-state index contributed by atoms with van der Waals surface area (Å²) in [7, 11) is 0. The van der Waals surface area contributed by atoms with Gasteiger partial charge >= 0.3 is 0 Å². The molecule has 0 atom stereocenters. The Kier molecular flexibility index (Phi) is 158. The average molecular weight is 134 g/mol. The van der Waals surface area contributed by atoms with Crippen LogP contribution in [-0.2, 0) is 32.7 Å². The fourth-order valence-electron chi connectivity index (χ4n) is 0. The molecule has 0 bridgehead atoms. The van der Waals surface area contributed by atoms with E-state index in [-0.39, 0.29) is 40.1 Å². The minimum atomic E-state index is 0. The summed E-state index contributed by atoms with van der Waals surface area (Å²) in [6, 6.07) is 0. The summed E-state index contributed by atoms with van der Waals surface area (Å²) in [6.45, 7) is 4.00. The Labute approximate surface area is 53.9 Å². The number of hydrogen-bond acceptors (Lipinski definition) is 0. The average Bonchev–Trinajstić information content (AvgIpc) is 1.00. The third-order valence-corrected chi connectivity index (χ3v) is 0. The second-order valence-electron chi connectivity index (χ2n) is 0. The Balaban J connectivity index is -0.00000000500. The van der Waals surface area contributed by atoms with Crippen LogP contribution in [0.15, 0.2) is 0 Å². The summed E-state index contributed by atoms with van der Waals surface area (Å²) in [6.07, 6.45) is 0. The molecule has 0 N–H and O–H groups in total. The summed E-state index contributed by atoms with van der Waals surface area (Å²) < 4.78 is 0.